The van der Waals surface area contributed by atoms with Gasteiger partial charge in [-0.25, -0.2) is 0 Å². The third-order valence-corrected chi connectivity index (χ3v) is 11.3. The lowest BCUT2D eigenvalue weighted by molar-refractivity contribution is 0.989. The van der Waals surface area contributed by atoms with Crippen molar-refractivity contribution in [3.8, 4) is 33.4 Å². The molecule has 0 unspecified atom stereocenters. The Morgan fingerprint density at radius 2 is 1.27 bits per heavy atom. The topological polar surface area (TPSA) is 0 Å². The van der Waals surface area contributed by atoms with Crippen LogP contribution in [0.15, 0.2) is 116 Å². The first-order valence-corrected chi connectivity index (χ1v) is 17.3. The Hall–Kier alpha value is -5.14. The van der Waals surface area contributed by atoms with Gasteiger partial charge < -0.3 is 0 Å². The van der Waals surface area contributed by atoms with Crippen molar-refractivity contribution in [2.45, 2.75) is 47.0 Å². The molecule has 0 saturated heterocycles. The van der Waals surface area contributed by atoms with E-state index in [9.17, 15) is 0 Å². The molecule has 0 radical (unpaired) electrons. The largest absolute Gasteiger partial charge is 0.140 e. The van der Waals surface area contributed by atoms with Crippen LogP contribution in [0.3, 0.4) is 0 Å². The normalized spacial score (nSPS) is 15.2. The predicted molar refractivity (Wildman–Crippen MR) is 213 cm³/mol. The standard InChI is InChI=1S/C47H41B/c1-28-16-7-6-8-17-33-19-15-25-37(43(28)33)35-26-34-18-9-10-20-36(34)42(27-35)45-38-21-11-13-23-40(38)46(41-24-14-12-22-39(41)45)44-30(3)29(2)31(4)47(48)32(44)5/h6-9,11-16,18-19,21-27H,1,10,17,20,48H2,2-5H3/b8-6-,16-7-. The van der Waals surface area contributed by atoms with Crippen LogP contribution in [-0.4, -0.2) is 7.85 Å². The maximum absolute atomic E-state index is 4.53. The number of benzene rings is 6. The molecular formula is C47H41B. The summed E-state index contributed by atoms with van der Waals surface area (Å²) in [5.41, 5.74) is 21.3. The first kappa shape index (κ1) is 30.2. The van der Waals surface area contributed by atoms with E-state index in [0.717, 1.165) is 24.8 Å². The second kappa shape index (κ2) is 11.8. The highest BCUT2D eigenvalue weighted by molar-refractivity contribution is 6.35. The molecule has 0 fully saturated rings. The molecule has 1 heteroatoms. The second-order valence-corrected chi connectivity index (χ2v) is 13.7. The molecular weight excluding hydrogens is 575 g/mol. The molecule has 8 rings (SSSR count). The highest BCUT2D eigenvalue weighted by Gasteiger charge is 2.24. The third kappa shape index (κ3) is 4.67. The van der Waals surface area contributed by atoms with Crippen LogP contribution >= 0.6 is 0 Å². The highest BCUT2D eigenvalue weighted by Crippen LogP contribution is 2.48. The first-order chi connectivity index (χ1) is 23.3. The van der Waals surface area contributed by atoms with Crippen LogP contribution in [0.25, 0.3) is 66.6 Å². The van der Waals surface area contributed by atoms with Gasteiger partial charge in [-0.15, -0.1) is 0 Å². The van der Waals surface area contributed by atoms with Crippen LogP contribution in [0.1, 0.15) is 50.9 Å². The summed E-state index contributed by atoms with van der Waals surface area (Å²) in [6.07, 6.45) is 16.3. The lowest BCUT2D eigenvalue weighted by atomic mass is 9.75. The van der Waals surface area contributed by atoms with E-state index >= 15 is 0 Å². The molecule has 0 nitrogen and oxygen atoms in total. The van der Waals surface area contributed by atoms with Gasteiger partial charge in [0.15, 0.2) is 0 Å². The Balaban J connectivity index is 1.49. The number of hydrogen-bond acceptors (Lipinski definition) is 0. The monoisotopic (exact) mass is 616 g/mol. The zero-order valence-electron chi connectivity index (χ0n) is 28.8. The minimum Gasteiger partial charge on any atom is -0.0911 e. The van der Waals surface area contributed by atoms with Crippen molar-refractivity contribution < 1.29 is 0 Å². The van der Waals surface area contributed by atoms with E-state index in [-0.39, 0.29) is 0 Å². The summed E-state index contributed by atoms with van der Waals surface area (Å²) in [6.45, 7) is 13.7. The van der Waals surface area contributed by atoms with Crippen molar-refractivity contribution >= 4 is 46.5 Å². The maximum atomic E-state index is 4.53. The molecule has 0 N–H and O–H groups in total. The van der Waals surface area contributed by atoms with Gasteiger partial charge in [-0.1, -0.05) is 121 Å². The molecule has 2 aliphatic carbocycles. The van der Waals surface area contributed by atoms with E-state index in [4.69, 9.17) is 0 Å². The van der Waals surface area contributed by atoms with E-state index in [0.29, 0.717) is 0 Å². The molecule has 6 aromatic rings. The van der Waals surface area contributed by atoms with Crippen molar-refractivity contribution in [3.05, 3.63) is 160 Å². The van der Waals surface area contributed by atoms with Gasteiger partial charge in [-0.3, -0.25) is 0 Å². The van der Waals surface area contributed by atoms with Crippen LogP contribution in [-0.2, 0) is 12.8 Å². The lowest BCUT2D eigenvalue weighted by Gasteiger charge is -2.25. The third-order valence-electron chi connectivity index (χ3n) is 11.3. The summed E-state index contributed by atoms with van der Waals surface area (Å²) in [5, 5.41) is 5.27. The Morgan fingerprint density at radius 3 is 1.98 bits per heavy atom. The summed E-state index contributed by atoms with van der Waals surface area (Å²) < 4.78 is 0. The molecule has 2 aliphatic rings. The van der Waals surface area contributed by atoms with Gasteiger partial charge in [0.05, 0.1) is 0 Å². The molecule has 0 bridgehead atoms. The van der Waals surface area contributed by atoms with Crippen LogP contribution < -0.4 is 5.46 Å². The van der Waals surface area contributed by atoms with E-state index in [1.54, 1.807) is 0 Å². The number of allylic oxidation sites excluding steroid dienone is 6. The fraction of sp³-hybridized carbons (Fsp3) is 0.149. The van der Waals surface area contributed by atoms with Crippen molar-refractivity contribution in [3.63, 3.8) is 0 Å². The second-order valence-electron chi connectivity index (χ2n) is 13.7. The summed E-state index contributed by atoms with van der Waals surface area (Å²) in [5.74, 6) is 0. The minimum absolute atomic E-state index is 0.901. The van der Waals surface area contributed by atoms with Gasteiger partial charge in [-0.05, 0) is 159 Å². The Bertz CT molecular complexity index is 2340. The highest BCUT2D eigenvalue weighted by atomic mass is 14.3. The molecule has 0 aliphatic heterocycles. The zero-order valence-corrected chi connectivity index (χ0v) is 28.8. The summed E-state index contributed by atoms with van der Waals surface area (Å²) in [4.78, 5) is 0. The smallest absolute Gasteiger partial charge is 0.0911 e. The molecule has 0 heterocycles. The molecule has 0 aromatic heterocycles. The van der Waals surface area contributed by atoms with Crippen molar-refractivity contribution in [2.24, 2.45) is 0 Å². The van der Waals surface area contributed by atoms with Gasteiger partial charge in [0, 0.05) is 0 Å². The molecule has 48 heavy (non-hydrogen) atoms. The Labute approximate surface area is 286 Å². The predicted octanol–water partition coefficient (Wildman–Crippen LogP) is 11.1. The number of hydrogen-bond donors (Lipinski definition) is 0. The van der Waals surface area contributed by atoms with Gasteiger partial charge in [0.1, 0.15) is 7.85 Å². The van der Waals surface area contributed by atoms with E-state index in [1.807, 2.05) is 0 Å². The van der Waals surface area contributed by atoms with Gasteiger partial charge in [-0.2, -0.15) is 0 Å². The summed E-state index contributed by atoms with van der Waals surface area (Å²) >= 11 is 0. The number of fused-ring (bicyclic) bond motifs is 4. The van der Waals surface area contributed by atoms with Crippen molar-refractivity contribution in [1.82, 2.24) is 0 Å². The van der Waals surface area contributed by atoms with Crippen LogP contribution in [0, 0.1) is 27.7 Å². The van der Waals surface area contributed by atoms with Crippen LogP contribution in [0.2, 0.25) is 0 Å². The van der Waals surface area contributed by atoms with Crippen molar-refractivity contribution in [1.29, 1.82) is 0 Å². The molecule has 0 amide bonds. The summed E-state index contributed by atoms with van der Waals surface area (Å²) in [6, 6.07) is 29.9. The van der Waals surface area contributed by atoms with Crippen LogP contribution in [0.5, 0.6) is 0 Å². The molecule has 0 atom stereocenters. The lowest BCUT2D eigenvalue weighted by Crippen LogP contribution is -2.16. The Morgan fingerprint density at radius 1 is 0.583 bits per heavy atom. The fourth-order valence-corrected chi connectivity index (χ4v) is 8.42. The van der Waals surface area contributed by atoms with Gasteiger partial charge >= 0.3 is 0 Å². The van der Waals surface area contributed by atoms with Gasteiger partial charge in [0.25, 0.3) is 0 Å². The number of rotatable bonds is 3. The molecule has 0 spiro atoms. The molecule has 232 valence electrons. The first-order valence-electron chi connectivity index (χ1n) is 17.3. The minimum atomic E-state index is 0.901. The van der Waals surface area contributed by atoms with Crippen molar-refractivity contribution in [2.75, 3.05) is 0 Å². The average Bonchev–Trinajstić information content (AvgIpc) is 3.11. The zero-order chi connectivity index (χ0) is 33.1. The fourth-order valence-electron chi connectivity index (χ4n) is 8.42. The van der Waals surface area contributed by atoms with Crippen LogP contribution in [0.4, 0.5) is 0 Å². The quantitative estimate of drug-likeness (QED) is 0.137. The SMILES string of the molecule is Bc1c(C)c(C)c(C)c(-c2c3ccccc3c(-c3cc(-c4cccc5c4C(=C)/C=C\C=C/C5)cc4c3CCC=C4)c3ccccc23)c1C. The van der Waals surface area contributed by atoms with E-state index in [1.165, 1.54) is 105 Å². The summed E-state index contributed by atoms with van der Waals surface area (Å²) in [7, 11) is 2.29. The molecule has 0 saturated carbocycles. The average molecular weight is 617 g/mol. The maximum Gasteiger partial charge on any atom is 0.140 e. The van der Waals surface area contributed by atoms with E-state index in [2.05, 4.69) is 157 Å². The molecule has 6 aromatic carbocycles. The van der Waals surface area contributed by atoms with E-state index < -0.39 is 0 Å². The Kier molecular flexibility index (Phi) is 7.45. The van der Waals surface area contributed by atoms with Gasteiger partial charge in [0.2, 0.25) is 0 Å².